The molecule has 11 heteroatoms. The van der Waals surface area contributed by atoms with Gasteiger partial charge >= 0.3 is 5.69 Å². The highest BCUT2D eigenvalue weighted by atomic mass is 16.5. The van der Waals surface area contributed by atoms with E-state index in [0.29, 0.717) is 11.5 Å². The second-order valence-electron chi connectivity index (χ2n) is 14.2. The van der Waals surface area contributed by atoms with Gasteiger partial charge in [-0.3, -0.25) is 18.6 Å². The summed E-state index contributed by atoms with van der Waals surface area (Å²) in [6.07, 6.45) is 20.5. The second-order valence-corrected chi connectivity index (χ2v) is 14.2. The molecular formula is C38H56N8O3. The van der Waals surface area contributed by atoms with E-state index in [2.05, 4.69) is 66.6 Å². The van der Waals surface area contributed by atoms with Gasteiger partial charge < -0.3 is 20.4 Å². The summed E-state index contributed by atoms with van der Waals surface area (Å²) in [7, 11) is 7.31. The normalized spacial score (nSPS) is 15.3. The minimum Gasteiger partial charge on any atom is -0.479 e. The van der Waals surface area contributed by atoms with Crippen molar-refractivity contribution in [2.45, 2.75) is 103 Å². The van der Waals surface area contributed by atoms with E-state index < -0.39 is 0 Å². The summed E-state index contributed by atoms with van der Waals surface area (Å²) in [5, 5.41) is 11.8. The number of fused-ring (bicyclic) bond motifs is 3. The Kier molecular flexibility index (Phi) is 11.5. The van der Waals surface area contributed by atoms with Crippen molar-refractivity contribution in [3.8, 4) is 17.1 Å². The third-order valence-corrected chi connectivity index (χ3v) is 9.79. The lowest BCUT2D eigenvalue weighted by molar-refractivity contribution is -0.124. The highest BCUT2D eigenvalue weighted by Gasteiger charge is 2.34. The number of H-pyrrole nitrogens is 1. The van der Waals surface area contributed by atoms with Gasteiger partial charge in [-0.1, -0.05) is 44.9 Å². The van der Waals surface area contributed by atoms with Crippen LogP contribution in [0.5, 0.6) is 5.88 Å². The zero-order valence-electron chi connectivity index (χ0n) is 30.8. The molecule has 4 heterocycles. The van der Waals surface area contributed by atoms with Gasteiger partial charge in [-0.05, 0) is 84.4 Å². The Labute approximate surface area is 290 Å². The fourth-order valence-electron chi connectivity index (χ4n) is 6.84. The number of imidazole rings is 1. The van der Waals surface area contributed by atoms with Gasteiger partial charge in [0.15, 0.2) is 0 Å². The van der Waals surface area contributed by atoms with Crippen LogP contribution in [0.3, 0.4) is 0 Å². The molecule has 2 aliphatic rings. The number of carbonyl (C=O) groups is 1. The van der Waals surface area contributed by atoms with Crippen LogP contribution in [-0.2, 0) is 18.9 Å². The minimum atomic E-state index is -0.362. The monoisotopic (exact) mass is 672 g/mol. The van der Waals surface area contributed by atoms with Crippen LogP contribution in [0.4, 0.5) is 0 Å². The molecule has 4 aromatic rings. The molecular weight excluding hydrogens is 616 g/mol. The number of rotatable bonds is 14. The van der Waals surface area contributed by atoms with Crippen LogP contribution >= 0.6 is 0 Å². The number of ether oxygens (including phenoxy) is 1. The average molecular weight is 673 g/mol. The summed E-state index contributed by atoms with van der Waals surface area (Å²) in [5.41, 5.74) is 5.74. The Bertz CT molecular complexity index is 1880. The second kappa shape index (κ2) is 15.6. The van der Waals surface area contributed by atoms with E-state index in [-0.39, 0.29) is 29.1 Å². The average Bonchev–Trinajstić information content (AvgIpc) is 3.71. The molecule has 0 bridgehead atoms. The van der Waals surface area contributed by atoms with Gasteiger partial charge in [0, 0.05) is 43.4 Å². The van der Waals surface area contributed by atoms with E-state index in [1.807, 2.05) is 31.9 Å². The smallest absolute Gasteiger partial charge is 0.329 e. The maximum atomic E-state index is 14.0. The number of nitrogens with zero attached hydrogens (tertiary/aromatic N) is 5. The molecule has 2 aliphatic carbocycles. The molecule has 0 radical (unpaired) electrons. The van der Waals surface area contributed by atoms with E-state index in [1.165, 1.54) is 25.8 Å². The maximum Gasteiger partial charge on any atom is 0.329 e. The third-order valence-electron chi connectivity index (χ3n) is 9.79. The van der Waals surface area contributed by atoms with Crippen molar-refractivity contribution in [3.05, 3.63) is 46.7 Å². The molecule has 266 valence electrons. The highest BCUT2D eigenvalue weighted by molar-refractivity contribution is 6.12. The van der Waals surface area contributed by atoms with Gasteiger partial charge in [0.25, 0.3) is 0 Å². The topological polar surface area (TPSA) is 124 Å². The standard InChI is InChI=1S/C32H41N7O3.C6H15N/c1-7-21(15-16-32(2,3)35-29(40)20-13-14-20)39-27-23(38(5)31(39)41)17-33-28-25(27)24(19-11-9-8-10-12-19)26(34-28)22-18-37(4)36-30(22)42-6;1-3-4-5-6-7-2/h9,11-12,17-18,20-21H,7-8,10,13-16H2,1-6H3,(H,33,34)(H,35,40);7H,3-6H2,1-2H3. The highest BCUT2D eigenvalue weighted by Crippen LogP contribution is 2.43. The largest absolute Gasteiger partial charge is 0.479 e. The summed E-state index contributed by atoms with van der Waals surface area (Å²) in [6.45, 7) is 9.67. The number of nitrogens with one attached hydrogen (secondary N) is 3. The number of aryl methyl sites for hydroxylation is 2. The first-order chi connectivity index (χ1) is 23.5. The maximum absolute atomic E-state index is 14.0. The molecule has 11 nitrogen and oxygen atoms in total. The number of methoxy groups -OCH3 is 1. The lowest BCUT2D eigenvalue weighted by Gasteiger charge is -2.29. The third kappa shape index (κ3) is 7.87. The molecule has 6 rings (SSSR count). The van der Waals surface area contributed by atoms with Crippen molar-refractivity contribution in [2.75, 3.05) is 20.7 Å². The van der Waals surface area contributed by atoms with Crippen LogP contribution in [0.15, 0.2) is 35.4 Å². The molecule has 0 aliphatic heterocycles. The number of hydrogen-bond donors (Lipinski definition) is 3. The van der Waals surface area contributed by atoms with Crippen molar-refractivity contribution in [1.29, 1.82) is 0 Å². The van der Waals surface area contributed by atoms with Gasteiger partial charge in [0.2, 0.25) is 11.8 Å². The molecule has 0 saturated heterocycles. The van der Waals surface area contributed by atoms with E-state index in [9.17, 15) is 9.59 Å². The molecule has 49 heavy (non-hydrogen) atoms. The van der Waals surface area contributed by atoms with Crippen LogP contribution in [0.2, 0.25) is 0 Å². The van der Waals surface area contributed by atoms with Gasteiger partial charge in [-0.15, -0.1) is 5.10 Å². The fourth-order valence-corrected chi connectivity index (χ4v) is 6.84. The number of aromatic amines is 1. The van der Waals surface area contributed by atoms with Crippen LogP contribution in [0.25, 0.3) is 38.9 Å². The van der Waals surface area contributed by atoms with Crippen molar-refractivity contribution >= 4 is 33.5 Å². The number of allylic oxidation sites excluding steroid dienone is 4. The lowest BCUT2D eigenvalue weighted by Crippen LogP contribution is -2.44. The summed E-state index contributed by atoms with van der Waals surface area (Å²) < 4.78 is 11.1. The summed E-state index contributed by atoms with van der Waals surface area (Å²) in [5.74, 6) is 0.831. The molecule has 4 aromatic heterocycles. The fraction of sp³-hybridized carbons (Fsp3) is 0.579. The van der Waals surface area contributed by atoms with Gasteiger partial charge in [0.1, 0.15) is 5.65 Å². The molecule has 3 N–H and O–H groups in total. The van der Waals surface area contributed by atoms with Crippen molar-refractivity contribution in [2.24, 2.45) is 20.0 Å². The van der Waals surface area contributed by atoms with Crippen LogP contribution in [0, 0.1) is 5.92 Å². The summed E-state index contributed by atoms with van der Waals surface area (Å²) >= 11 is 0. The quantitative estimate of drug-likeness (QED) is 0.127. The number of aromatic nitrogens is 6. The zero-order valence-corrected chi connectivity index (χ0v) is 30.8. The number of amides is 1. The Balaban J connectivity index is 0.000000606. The Morgan fingerprint density at radius 1 is 1.18 bits per heavy atom. The number of unbranched alkanes of at least 4 members (excludes halogenated alkanes) is 2. The van der Waals surface area contributed by atoms with E-state index in [0.717, 1.165) is 83.8 Å². The summed E-state index contributed by atoms with van der Waals surface area (Å²) in [6, 6.07) is -0.0566. The molecule has 1 atom stereocenters. The van der Waals surface area contributed by atoms with E-state index in [1.54, 1.807) is 22.6 Å². The van der Waals surface area contributed by atoms with Crippen LogP contribution in [0.1, 0.15) is 104 Å². The Morgan fingerprint density at radius 2 is 1.96 bits per heavy atom. The van der Waals surface area contributed by atoms with Crippen molar-refractivity contribution in [1.82, 2.24) is 39.5 Å². The molecule has 1 amide bonds. The Hall–Kier alpha value is -4.12. The van der Waals surface area contributed by atoms with Crippen molar-refractivity contribution < 1.29 is 9.53 Å². The van der Waals surface area contributed by atoms with Gasteiger partial charge in [0.05, 0.1) is 41.0 Å². The predicted octanol–water partition coefficient (Wildman–Crippen LogP) is 6.79. The van der Waals surface area contributed by atoms with E-state index in [4.69, 9.17) is 9.72 Å². The predicted molar refractivity (Wildman–Crippen MR) is 199 cm³/mol. The van der Waals surface area contributed by atoms with Gasteiger partial charge in [-0.25, -0.2) is 9.78 Å². The summed E-state index contributed by atoms with van der Waals surface area (Å²) in [4.78, 5) is 34.9. The molecule has 1 unspecified atom stereocenters. The molecule has 0 spiro atoms. The molecule has 0 aromatic carbocycles. The first-order valence-corrected chi connectivity index (χ1v) is 18.1. The number of hydrogen-bond acceptors (Lipinski definition) is 6. The van der Waals surface area contributed by atoms with Gasteiger partial charge in [-0.2, -0.15) is 0 Å². The first kappa shape index (κ1) is 36.2. The number of carbonyl (C=O) groups excluding carboxylic acids is 1. The lowest BCUT2D eigenvalue weighted by atomic mass is 9.93. The SMILES string of the molecule is CCC(CCC(C)(C)NC(=O)C1CC1)n1c(=O)n(C)c2cnc3[nH]c(-c4cn(C)nc4OC)c(C4=CCCC=C4)c3c21.CCCCCNC. The van der Waals surface area contributed by atoms with Crippen LogP contribution in [-0.4, -0.2) is 61.0 Å². The zero-order chi connectivity index (χ0) is 35.3. The van der Waals surface area contributed by atoms with E-state index >= 15 is 0 Å². The Morgan fingerprint density at radius 3 is 2.59 bits per heavy atom. The number of pyridine rings is 1. The first-order valence-electron chi connectivity index (χ1n) is 18.1. The molecule has 1 saturated carbocycles. The van der Waals surface area contributed by atoms with Crippen molar-refractivity contribution in [3.63, 3.8) is 0 Å². The minimum absolute atomic E-state index is 0.0566. The van der Waals surface area contributed by atoms with Crippen LogP contribution < -0.4 is 21.1 Å². The molecule has 1 fully saturated rings.